The fourth-order valence-electron chi connectivity index (χ4n) is 3.69. The van der Waals surface area contributed by atoms with Crippen LogP contribution in [0.4, 0.5) is 0 Å². The smallest absolute Gasteiger partial charge is 0.257 e. The zero-order valence-corrected chi connectivity index (χ0v) is 19.1. The highest BCUT2D eigenvalue weighted by Gasteiger charge is 2.24. The van der Waals surface area contributed by atoms with Crippen LogP contribution in [0.3, 0.4) is 0 Å². The van der Waals surface area contributed by atoms with E-state index in [1.165, 1.54) is 4.88 Å². The number of primary amides is 1. The van der Waals surface area contributed by atoms with Crippen molar-refractivity contribution in [2.75, 3.05) is 32.8 Å². The average Bonchev–Trinajstić information content (AvgIpc) is 3.26. The topological polar surface area (TPSA) is 75.9 Å². The van der Waals surface area contributed by atoms with Gasteiger partial charge in [0.15, 0.2) is 6.61 Å². The summed E-state index contributed by atoms with van der Waals surface area (Å²) in [4.78, 5) is 30.7. The first kappa shape index (κ1) is 22.3. The molecule has 1 saturated heterocycles. The molecular formula is C24H24ClN3O3S. The number of nitrogens with zero attached hydrogens (tertiary/aromatic N) is 2. The normalized spacial score (nSPS) is 14.3. The van der Waals surface area contributed by atoms with Crippen LogP contribution < -0.4 is 10.5 Å². The lowest BCUT2D eigenvalue weighted by Gasteiger charge is -2.34. The number of piperazine rings is 1. The minimum atomic E-state index is -0.577. The lowest BCUT2D eigenvalue weighted by atomic mass is 10.1. The Hall–Kier alpha value is -2.87. The Morgan fingerprint density at radius 2 is 1.69 bits per heavy atom. The van der Waals surface area contributed by atoms with E-state index in [4.69, 9.17) is 22.1 Å². The second-order valence-corrected chi connectivity index (χ2v) is 9.14. The lowest BCUT2D eigenvalue weighted by Crippen LogP contribution is -2.48. The Bertz CT molecular complexity index is 1110. The van der Waals surface area contributed by atoms with Gasteiger partial charge in [-0.25, -0.2) is 0 Å². The predicted octanol–water partition coefficient (Wildman–Crippen LogP) is 3.89. The number of benzene rings is 2. The maximum absolute atomic E-state index is 13.0. The standard InChI is InChI=1S/C24H24ClN3O3S/c25-20-7-3-1-5-18(20)22-10-9-17(32-22)15-27-11-13-28(14-12-27)24(30)19-6-2-4-8-21(19)31-16-23(26)29/h1-10H,11-16H2,(H2,26,29). The Kier molecular flexibility index (Phi) is 7.09. The lowest BCUT2D eigenvalue weighted by molar-refractivity contribution is -0.119. The summed E-state index contributed by atoms with van der Waals surface area (Å²) in [7, 11) is 0. The van der Waals surface area contributed by atoms with Crippen LogP contribution in [0.25, 0.3) is 10.4 Å². The van der Waals surface area contributed by atoms with Crippen molar-refractivity contribution in [3.05, 3.63) is 76.1 Å². The van der Waals surface area contributed by atoms with E-state index in [9.17, 15) is 9.59 Å². The van der Waals surface area contributed by atoms with Crippen molar-refractivity contribution in [1.29, 1.82) is 0 Å². The van der Waals surface area contributed by atoms with E-state index < -0.39 is 5.91 Å². The van der Waals surface area contributed by atoms with Crippen LogP contribution in [-0.4, -0.2) is 54.4 Å². The van der Waals surface area contributed by atoms with Gasteiger partial charge in [-0.15, -0.1) is 11.3 Å². The fourth-order valence-corrected chi connectivity index (χ4v) is 5.07. The number of para-hydroxylation sites is 1. The zero-order chi connectivity index (χ0) is 22.5. The van der Waals surface area contributed by atoms with Gasteiger partial charge >= 0.3 is 0 Å². The van der Waals surface area contributed by atoms with Crippen molar-refractivity contribution in [3.8, 4) is 16.2 Å². The van der Waals surface area contributed by atoms with Gasteiger partial charge < -0.3 is 15.4 Å². The van der Waals surface area contributed by atoms with Gasteiger partial charge in [0.25, 0.3) is 11.8 Å². The highest BCUT2D eigenvalue weighted by molar-refractivity contribution is 7.15. The molecule has 0 radical (unpaired) electrons. The van der Waals surface area contributed by atoms with Crippen molar-refractivity contribution >= 4 is 34.8 Å². The van der Waals surface area contributed by atoms with Crippen molar-refractivity contribution in [1.82, 2.24) is 9.80 Å². The molecule has 2 N–H and O–H groups in total. The van der Waals surface area contributed by atoms with Crippen molar-refractivity contribution in [3.63, 3.8) is 0 Å². The largest absolute Gasteiger partial charge is 0.483 e. The van der Waals surface area contributed by atoms with E-state index in [1.807, 2.05) is 29.2 Å². The molecule has 3 aromatic rings. The second kappa shape index (κ2) is 10.2. The maximum atomic E-state index is 13.0. The minimum Gasteiger partial charge on any atom is -0.483 e. The minimum absolute atomic E-state index is 0.0955. The van der Waals surface area contributed by atoms with Gasteiger partial charge in [-0.3, -0.25) is 14.5 Å². The fraction of sp³-hybridized carbons (Fsp3) is 0.250. The summed E-state index contributed by atoms with van der Waals surface area (Å²) in [5.41, 5.74) is 6.66. The first-order valence-electron chi connectivity index (χ1n) is 10.4. The van der Waals surface area contributed by atoms with E-state index in [-0.39, 0.29) is 12.5 Å². The first-order chi connectivity index (χ1) is 15.5. The quantitative estimate of drug-likeness (QED) is 0.569. The molecule has 8 heteroatoms. The molecule has 0 spiro atoms. The molecular weight excluding hydrogens is 446 g/mol. The van der Waals surface area contributed by atoms with Crippen molar-refractivity contribution in [2.45, 2.75) is 6.54 Å². The number of rotatable bonds is 7. The van der Waals surface area contributed by atoms with Crippen molar-refractivity contribution in [2.24, 2.45) is 5.73 Å². The number of nitrogens with two attached hydrogens (primary N) is 1. The van der Waals surface area contributed by atoms with Crippen LogP contribution in [0, 0.1) is 0 Å². The van der Waals surface area contributed by atoms with E-state index in [0.29, 0.717) is 24.4 Å². The van der Waals surface area contributed by atoms with Gasteiger partial charge in [-0.1, -0.05) is 41.9 Å². The number of ether oxygens (including phenoxy) is 1. The Balaban J connectivity index is 1.35. The van der Waals surface area contributed by atoms with Gasteiger partial charge in [0.05, 0.1) is 5.56 Å². The summed E-state index contributed by atoms with van der Waals surface area (Å²) >= 11 is 8.08. The number of carbonyl (C=O) groups is 2. The van der Waals surface area contributed by atoms with Gasteiger partial charge in [0.1, 0.15) is 5.75 Å². The molecule has 0 saturated carbocycles. The molecule has 0 atom stereocenters. The highest BCUT2D eigenvalue weighted by Crippen LogP contribution is 2.33. The second-order valence-electron chi connectivity index (χ2n) is 7.57. The summed E-state index contributed by atoms with van der Waals surface area (Å²) < 4.78 is 5.42. The monoisotopic (exact) mass is 469 g/mol. The SMILES string of the molecule is NC(=O)COc1ccccc1C(=O)N1CCN(Cc2ccc(-c3ccccc3Cl)s2)CC1. The molecule has 2 heterocycles. The number of hydrogen-bond donors (Lipinski definition) is 1. The molecule has 0 aliphatic carbocycles. The number of hydrogen-bond acceptors (Lipinski definition) is 5. The first-order valence-corrected chi connectivity index (χ1v) is 11.6. The van der Waals surface area contributed by atoms with Crippen LogP contribution in [0.2, 0.25) is 5.02 Å². The molecule has 166 valence electrons. The van der Waals surface area contributed by atoms with Crippen LogP contribution in [0.5, 0.6) is 5.75 Å². The molecule has 1 aliphatic heterocycles. The Morgan fingerprint density at radius 1 is 0.969 bits per heavy atom. The average molecular weight is 470 g/mol. The van der Waals surface area contributed by atoms with Crippen LogP contribution in [0.15, 0.2) is 60.7 Å². The number of amides is 2. The van der Waals surface area contributed by atoms with Crippen LogP contribution in [0.1, 0.15) is 15.2 Å². The van der Waals surface area contributed by atoms with Gasteiger partial charge in [-0.2, -0.15) is 0 Å². The summed E-state index contributed by atoms with van der Waals surface area (Å²) in [6.07, 6.45) is 0. The number of carbonyl (C=O) groups excluding carboxylic acids is 2. The molecule has 1 fully saturated rings. The number of halogens is 1. The van der Waals surface area contributed by atoms with E-state index in [2.05, 4.69) is 17.0 Å². The van der Waals surface area contributed by atoms with Gasteiger partial charge in [0, 0.05) is 53.1 Å². The van der Waals surface area contributed by atoms with Gasteiger partial charge in [0.2, 0.25) is 0 Å². The maximum Gasteiger partial charge on any atom is 0.257 e. The summed E-state index contributed by atoms with van der Waals surface area (Å²) in [6.45, 7) is 3.42. The molecule has 1 aromatic heterocycles. The number of thiophene rings is 1. The third-order valence-electron chi connectivity index (χ3n) is 5.33. The summed E-state index contributed by atoms with van der Waals surface area (Å²) in [5, 5.41) is 0.758. The Morgan fingerprint density at radius 3 is 2.44 bits per heavy atom. The van der Waals surface area contributed by atoms with Crippen LogP contribution in [-0.2, 0) is 11.3 Å². The predicted molar refractivity (Wildman–Crippen MR) is 127 cm³/mol. The molecule has 6 nitrogen and oxygen atoms in total. The summed E-state index contributed by atoms with van der Waals surface area (Å²) in [6, 6.07) is 19.1. The molecule has 2 aromatic carbocycles. The molecule has 0 unspecified atom stereocenters. The molecule has 4 rings (SSSR count). The third kappa shape index (κ3) is 5.30. The van der Waals surface area contributed by atoms with E-state index >= 15 is 0 Å². The van der Waals surface area contributed by atoms with E-state index in [0.717, 1.165) is 35.1 Å². The highest BCUT2D eigenvalue weighted by atomic mass is 35.5. The Labute approximate surface area is 196 Å². The zero-order valence-electron chi connectivity index (χ0n) is 17.5. The summed E-state index contributed by atoms with van der Waals surface area (Å²) in [5.74, 6) is -0.293. The molecule has 1 aliphatic rings. The molecule has 0 bridgehead atoms. The molecule has 32 heavy (non-hydrogen) atoms. The molecule has 2 amide bonds. The third-order valence-corrected chi connectivity index (χ3v) is 6.76. The van der Waals surface area contributed by atoms with Crippen LogP contribution >= 0.6 is 22.9 Å². The van der Waals surface area contributed by atoms with Crippen molar-refractivity contribution < 1.29 is 14.3 Å². The van der Waals surface area contributed by atoms with E-state index in [1.54, 1.807) is 35.6 Å². The van der Waals surface area contributed by atoms with Gasteiger partial charge in [-0.05, 0) is 30.3 Å².